The molecule has 3 aromatic heterocycles. The molecule has 3 N–H and O–H groups in total. The first-order valence-electron chi connectivity index (χ1n) is 13.7. The number of nitrogens with zero attached hydrogens (tertiary/aromatic N) is 5. The van der Waals surface area contributed by atoms with Gasteiger partial charge in [0.2, 0.25) is 0 Å². The predicted molar refractivity (Wildman–Crippen MR) is 152 cm³/mol. The van der Waals surface area contributed by atoms with E-state index in [1.807, 2.05) is 42.6 Å². The second-order valence-electron chi connectivity index (χ2n) is 10.7. The number of anilines is 2. The zero-order valence-corrected chi connectivity index (χ0v) is 21.8. The van der Waals surface area contributed by atoms with Gasteiger partial charge in [0, 0.05) is 53.4 Å². The maximum Gasteiger partial charge on any atom is 0.256 e. The number of rotatable bonds is 6. The molecule has 1 aromatic carbocycles. The number of hydrogen-bond donors (Lipinski definition) is 2. The topological polar surface area (TPSA) is 101 Å². The number of benzene rings is 1. The summed E-state index contributed by atoms with van der Waals surface area (Å²) in [7, 11) is 0. The number of fused-ring (bicyclic) bond motifs is 3. The first-order chi connectivity index (χ1) is 19.1. The normalized spacial score (nSPS) is 21.7. The van der Waals surface area contributed by atoms with E-state index in [0.29, 0.717) is 35.2 Å². The Balaban J connectivity index is 1.23. The Hall–Kier alpha value is -4.46. The number of carbonyl (C=O) groups excluding carboxylic acids is 1. The van der Waals surface area contributed by atoms with Crippen molar-refractivity contribution in [3.63, 3.8) is 0 Å². The van der Waals surface area contributed by atoms with E-state index in [4.69, 9.17) is 10.7 Å². The third-order valence-corrected chi connectivity index (χ3v) is 8.60. The van der Waals surface area contributed by atoms with Crippen LogP contribution in [0.4, 0.5) is 11.6 Å². The number of hydrogen-bond acceptors (Lipinski definition) is 6. The molecule has 196 valence electrons. The fraction of sp³-hybridized carbons (Fsp3) is 0.290. The molecule has 39 heavy (non-hydrogen) atoms. The van der Waals surface area contributed by atoms with Crippen LogP contribution in [0.3, 0.4) is 0 Å². The maximum absolute atomic E-state index is 12.7. The maximum atomic E-state index is 12.7. The summed E-state index contributed by atoms with van der Waals surface area (Å²) in [5, 5.41) is 2.83. The van der Waals surface area contributed by atoms with Crippen molar-refractivity contribution in [1.82, 2.24) is 24.3 Å². The minimum Gasteiger partial charge on any atom is -0.382 e. The van der Waals surface area contributed by atoms with Crippen LogP contribution in [-0.4, -0.2) is 42.2 Å². The Morgan fingerprint density at radius 1 is 1.08 bits per heavy atom. The van der Waals surface area contributed by atoms with Crippen molar-refractivity contribution in [2.24, 2.45) is 0 Å². The van der Waals surface area contributed by atoms with Crippen LogP contribution in [0.15, 0.2) is 85.0 Å². The molecule has 1 aliphatic carbocycles. The third kappa shape index (κ3) is 3.90. The van der Waals surface area contributed by atoms with Gasteiger partial charge in [-0.05, 0) is 74.4 Å². The van der Waals surface area contributed by atoms with Crippen molar-refractivity contribution in [3.05, 3.63) is 96.4 Å². The van der Waals surface area contributed by atoms with Crippen LogP contribution in [-0.2, 0) is 0 Å². The minimum absolute atomic E-state index is 0.211. The largest absolute Gasteiger partial charge is 0.382 e. The molecule has 7 rings (SSSR count). The molecule has 0 spiro atoms. The highest BCUT2D eigenvalue weighted by Gasteiger charge is 2.49. The highest BCUT2D eigenvalue weighted by molar-refractivity contribution is 6.04. The van der Waals surface area contributed by atoms with E-state index in [1.54, 1.807) is 24.0 Å². The summed E-state index contributed by atoms with van der Waals surface area (Å²) in [4.78, 5) is 29.2. The molecule has 3 aliphatic rings. The fourth-order valence-electron chi connectivity index (χ4n) is 6.64. The lowest BCUT2D eigenvalue weighted by Gasteiger charge is -2.32. The van der Waals surface area contributed by atoms with E-state index in [9.17, 15) is 4.79 Å². The molecule has 2 unspecified atom stereocenters. The Morgan fingerprint density at radius 3 is 2.64 bits per heavy atom. The molecular weight excluding hydrogens is 486 g/mol. The summed E-state index contributed by atoms with van der Waals surface area (Å²) in [6.07, 6.45) is 14.6. The van der Waals surface area contributed by atoms with Crippen LogP contribution in [0.25, 0.3) is 16.8 Å². The average molecular weight is 518 g/mol. The number of nitrogens with two attached hydrogens (primary N) is 1. The second-order valence-corrected chi connectivity index (χ2v) is 10.7. The van der Waals surface area contributed by atoms with Gasteiger partial charge in [0.15, 0.2) is 0 Å². The summed E-state index contributed by atoms with van der Waals surface area (Å²) in [5.41, 5.74) is 12.4. The number of nitrogens with one attached hydrogen (secondary N) is 1. The average Bonchev–Trinajstić information content (AvgIpc) is 3.63. The van der Waals surface area contributed by atoms with Gasteiger partial charge in [-0.15, -0.1) is 0 Å². The molecule has 2 aliphatic heterocycles. The van der Waals surface area contributed by atoms with Crippen LogP contribution in [0.1, 0.15) is 60.6 Å². The summed E-state index contributed by atoms with van der Waals surface area (Å²) < 4.78 is 2.13. The Bertz CT molecular complexity index is 1600. The van der Waals surface area contributed by atoms with E-state index in [-0.39, 0.29) is 5.91 Å². The van der Waals surface area contributed by atoms with E-state index in [2.05, 4.69) is 37.2 Å². The van der Waals surface area contributed by atoms with Crippen LogP contribution in [0.5, 0.6) is 0 Å². The standard InChI is InChI=1S/C31H31N7O/c1-2-24(19-6-5-7-19)38-22-13-14-25(38)23(18-22)30-36-27(28-29(32)34-16-17-37(28)30)20-9-11-21(12-10-20)31(39)35-26-8-3-4-15-33-26/h2-4,8-12,15-17,22-23,25H,1,5-7,13-14,18H2,(H2,32,34)(H,33,35,39)/t22?,23-,25?/m0/s1. The van der Waals surface area contributed by atoms with Gasteiger partial charge in [0.05, 0.1) is 0 Å². The molecule has 4 aromatic rings. The zero-order chi connectivity index (χ0) is 26.5. The molecular formula is C31H31N7O. The van der Waals surface area contributed by atoms with Crippen molar-refractivity contribution in [2.45, 2.75) is 56.5 Å². The first kappa shape index (κ1) is 23.6. The molecule has 1 amide bonds. The molecule has 8 heteroatoms. The number of nitrogen functional groups attached to an aromatic ring is 1. The van der Waals surface area contributed by atoms with Crippen molar-refractivity contribution in [1.29, 1.82) is 0 Å². The van der Waals surface area contributed by atoms with E-state index < -0.39 is 0 Å². The van der Waals surface area contributed by atoms with Gasteiger partial charge in [-0.25, -0.2) is 15.0 Å². The first-order valence-corrected chi connectivity index (χ1v) is 13.7. The molecule has 0 radical (unpaired) electrons. The van der Waals surface area contributed by atoms with Crippen molar-refractivity contribution in [2.75, 3.05) is 11.1 Å². The molecule has 5 heterocycles. The van der Waals surface area contributed by atoms with E-state index >= 15 is 0 Å². The number of aromatic nitrogens is 4. The minimum atomic E-state index is -0.211. The lowest BCUT2D eigenvalue weighted by Crippen LogP contribution is -2.30. The van der Waals surface area contributed by atoms with Crippen LogP contribution >= 0.6 is 0 Å². The number of amides is 1. The van der Waals surface area contributed by atoms with Crippen molar-refractivity contribution in [3.8, 4) is 11.3 Å². The Morgan fingerprint density at radius 2 is 1.92 bits per heavy atom. The number of pyridine rings is 1. The summed E-state index contributed by atoms with van der Waals surface area (Å²) in [6.45, 7) is 4.17. The molecule has 2 saturated heterocycles. The smallest absolute Gasteiger partial charge is 0.256 e. The number of carbonyl (C=O) groups is 1. The zero-order valence-electron chi connectivity index (χ0n) is 21.8. The SMILES string of the molecule is C=CC(=C1CCC1)N1C2CCC1[C@@H](c1nc(-c3ccc(C(=O)Nc4ccccn4)cc3)c3c(N)nccn13)C2. The molecule has 2 bridgehead atoms. The number of allylic oxidation sites excluding steroid dienone is 2. The van der Waals surface area contributed by atoms with Crippen LogP contribution in [0, 0.1) is 0 Å². The van der Waals surface area contributed by atoms with Gasteiger partial charge < -0.3 is 16.0 Å². The quantitative estimate of drug-likeness (QED) is 0.347. The van der Waals surface area contributed by atoms with Crippen molar-refractivity contribution >= 4 is 23.1 Å². The number of imidazole rings is 1. The lowest BCUT2D eigenvalue weighted by molar-refractivity contribution is 0.102. The second kappa shape index (κ2) is 9.38. The predicted octanol–water partition coefficient (Wildman–Crippen LogP) is 5.57. The molecule has 1 saturated carbocycles. The van der Waals surface area contributed by atoms with Gasteiger partial charge in [-0.2, -0.15) is 0 Å². The summed E-state index contributed by atoms with van der Waals surface area (Å²) in [5.74, 6) is 2.09. The van der Waals surface area contributed by atoms with Gasteiger partial charge in [0.1, 0.15) is 28.7 Å². The highest BCUT2D eigenvalue weighted by Crippen LogP contribution is 2.50. The fourth-order valence-corrected chi connectivity index (χ4v) is 6.64. The van der Waals surface area contributed by atoms with Crippen LogP contribution < -0.4 is 11.1 Å². The van der Waals surface area contributed by atoms with Gasteiger partial charge in [-0.3, -0.25) is 9.20 Å². The third-order valence-electron chi connectivity index (χ3n) is 8.60. The molecule has 3 atom stereocenters. The molecule has 3 fully saturated rings. The van der Waals surface area contributed by atoms with Gasteiger partial charge in [-0.1, -0.05) is 24.8 Å². The van der Waals surface area contributed by atoms with Gasteiger partial charge in [0.25, 0.3) is 5.91 Å². The van der Waals surface area contributed by atoms with E-state index in [1.165, 1.54) is 31.4 Å². The van der Waals surface area contributed by atoms with Crippen molar-refractivity contribution < 1.29 is 4.79 Å². The summed E-state index contributed by atoms with van der Waals surface area (Å²) >= 11 is 0. The Kier molecular flexibility index (Phi) is 5.68. The monoisotopic (exact) mass is 517 g/mol. The highest BCUT2D eigenvalue weighted by atomic mass is 16.1. The van der Waals surface area contributed by atoms with Crippen LogP contribution in [0.2, 0.25) is 0 Å². The molecule has 8 nitrogen and oxygen atoms in total. The Labute approximate surface area is 227 Å². The van der Waals surface area contributed by atoms with E-state index in [0.717, 1.165) is 35.4 Å². The van der Waals surface area contributed by atoms with Gasteiger partial charge >= 0.3 is 0 Å². The summed E-state index contributed by atoms with van der Waals surface area (Å²) in [6, 6.07) is 13.8. The lowest BCUT2D eigenvalue weighted by atomic mass is 9.88.